The number of benzene rings is 2. The molecular weight excluding hydrogens is 590 g/mol. The number of amides is 3. The second kappa shape index (κ2) is 13.5. The van der Waals surface area contributed by atoms with Crippen molar-refractivity contribution in [1.29, 1.82) is 0 Å². The summed E-state index contributed by atoms with van der Waals surface area (Å²) >= 11 is 0. The average molecular weight is 630 g/mol. The molecule has 0 aromatic heterocycles. The number of carbonyl (C=O) groups excluding carboxylic acids is 4. The van der Waals surface area contributed by atoms with Crippen molar-refractivity contribution >= 4 is 29.4 Å². The van der Waals surface area contributed by atoms with E-state index in [0.29, 0.717) is 30.7 Å². The normalized spacial score (nSPS) is 30.3. The number of hydrogen-bond donors (Lipinski definition) is 2. The molecule has 11 nitrogen and oxygen atoms in total. The van der Waals surface area contributed by atoms with Crippen LogP contribution in [0, 0.1) is 11.8 Å². The number of carbonyl (C=O) groups is 4. The van der Waals surface area contributed by atoms with Crippen molar-refractivity contribution in [3.63, 3.8) is 0 Å². The van der Waals surface area contributed by atoms with Crippen LogP contribution < -0.4 is 15.0 Å². The van der Waals surface area contributed by atoms with Crippen molar-refractivity contribution in [3.05, 3.63) is 84.5 Å². The Hall–Kier alpha value is -4.48. The molecule has 11 heteroatoms. The standard InChI is InChI=1S/C35H39N3O8/c1-44-25-15-13-24(14-16-25)37-19-7-3-6-12-28(40)45-22-26(23-10-4-2-5-11-23)36-32(41)29-27-17-18-35(46-27)30(29)33(42)38(20-8-9-21-39)31(35)34(37)43/h2-5,7,10-11,13-18,26-27,29-31,39H,6,8-9,12,19-22H2,1H3,(H,36,41)/b7-3-/t26-,27-,29+,30+,31-,35+/m0/s1. The maximum atomic E-state index is 14.8. The van der Waals surface area contributed by atoms with Crippen molar-refractivity contribution in [2.45, 2.75) is 49.5 Å². The van der Waals surface area contributed by atoms with Gasteiger partial charge in [0.2, 0.25) is 11.8 Å². The quantitative estimate of drug-likeness (QED) is 0.271. The number of aliphatic hydroxyl groups excluding tert-OH is 1. The first-order valence-corrected chi connectivity index (χ1v) is 15.8. The number of cyclic esters (lactones) is 1. The number of rotatable bonds is 7. The van der Waals surface area contributed by atoms with Gasteiger partial charge in [-0.15, -0.1) is 0 Å². The zero-order valence-corrected chi connectivity index (χ0v) is 25.7. The van der Waals surface area contributed by atoms with E-state index in [1.807, 2.05) is 42.5 Å². The van der Waals surface area contributed by atoms with Crippen LogP contribution in [0.3, 0.4) is 0 Å². The highest BCUT2D eigenvalue weighted by molar-refractivity contribution is 6.05. The van der Waals surface area contributed by atoms with Gasteiger partial charge in [0.25, 0.3) is 5.91 Å². The van der Waals surface area contributed by atoms with Gasteiger partial charge in [-0.25, -0.2) is 0 Å². The number of likely N-dealkylation sites (tertiary alicyclic amines) is 1. The summed E-state index contributed by atoms with van der Waals surface area (Å²) in [4.78, 5) is 59.0. The average Bonchev–Trinajstić information content (AvgIpc) is 3.72. The molecule has 6 atom stereocenters. The molecule has 3 amide bonds. The number of ether oxygens (including phenoxy) is 3. The minimum atomic E-state index is -1.35. The van der Waals surface area contributed by atoms with Gasteiger partial charge < -0.3 is 34.4 Å². The van der Waals surface area contributed by atoms with E-state index in [-0.39, 0.29) is 44.5 Å². The Balaban J connectivity index is 1.41. The number of hydrogen-bond acceptors (Lipinski definition) is 8. The zero-order valence-electron chi connectivity index (χ0n) is 25.7. The molecule has 2 N–H and O–H groups in total. The summed E-state index contributed by atoms with van der Waals surface area (Å²) in [5.74, 6) is -2.73. The Morgan fingerprint density at radius 2 is 1.78 bits per heavy atom. The van der Waals surface area contributed by atoms with E-state index in [9.17, 15) is 24.3 Å². The highest BCUT2D eigenvalue weighted by Gasteiger charge is 2.73. The fourth-order valence-corrected chi connectivity index (χ4v) is 7.04. The molecule has 242 valence electrons. The van der Waals surface area contributed by atoms with Gasteiger partial charge in [0.15, 0.2) is 0 Å². The molecule has 5 bridgehead atoms. The van der Waals surface area contributed by atoms with Crippen LogP contribution in [0.4, 0.5) is 5.69 Å². The molecule has 2 saturated heterocycles. The van der Waals surface area contributed by atoms with E-state index in [1.165, 1.54) is 4.90 Å². The first-order chi connectivity index (χ1) is 22.4. The molecule has 0 aliphatic carbocycles. The largest absolute Gasteiger partial charge is 0.497 e. The molecule has 46 heavy (non-hydrogen) atoms. The van der Waals surface area contributed by atoms with Crippen LogP contribution in [0.5, 0.6) is 5.75 Å². The predicted octanol–water partition coefficient (Wildman–Crippen LogP) is 2.70. The fraction of sp³-hybridized carbons (Fsp3) is 0.429. The molecule has 0 saturated carbocycles. The molecule has 2 aromatic rings. The summed E-state index contributed by atoms with van der Waals surface area (Å²) in [6.45, 7) is 0.269. The second-order valence-corrected chi connectivity index (χ2v) is 12.0. The van der Waals surface area contributed by atoms with Crippen LogP contribution in [-0.2, 0) is 28.7 Å². The van der Waals surface area contributed by atoms with Crippen molar-refractivity contribution in [2.24, 2.45) is 11.8 Å². The Morgan fingerprint density at radius 3 is 2.52 bits per heavy atom. The summed E-state index contributed by atoms with van der Waals surface area (Å²) in [5.41, 5.74) is -0.00814. The van der Waals surface area contributed by atoms with E-state index in [0.717, 1.165) is 5.56 Å². The molecule has 4 heterocycles. The number of nitrogens with zero attached hydrogens (tertiary/aromatic N) is 2. The van der Waals surface area contributed by atoms with Gasteiger partial charge in [0.05, 0.1) is 31.1 Å². The third kappa shape index (κ3) is 5.80. The van der Waals surface area contributed by atoms with Gasteiger partial charge in [0, 0.05) is 31.8 Å². The van der Waals surface area contributed by atoms with Gasteiger partial charge in [0.1, 0.15) is 24.0 Å². The number of methoxy groups -OCH3 is 1. The number of esters is 1. The van der Waals surface area contributed by atoms with Crippen molar-refractivity contribution in [2.75, 3.05) is 38.3 Å². The lowest BCUT2D eigenvalue weighted by Crippen LogP contribution is -2.56. The summed E-state index contributed by atoms with van der Waals surface area (Å²) < 4.78 is 17.5. The van der Waals surface area contributed by atoms with Gasteiger partial charge in [-0.3, -0.25) is 19.2 Å². The van der Waals surface area contributed by atoms with E-state index in [1.54, 1.807) is 48.4 Å². The van der Waals surface area contributed by atoms with Gasteiger partial charge >= 0.3 is 5.97 Å². The first-order valence-electron chi connectivity index (χ1n) is 15.8. The molecule has 2 aromatic carbocycles. The van der Waals surface area contributed by atoms with Crippen LogP contribution >= 0.6 is 0 Å². The Morgan fingerprint density at radius 1 is 1.00 bits per heavy atom. The van der Waals surface area contributed by atoms with E-state index >= 15 is 0 Å². The summed E-state index contributed by atoms with van der Waals surface area (Å²) in [5, 5.41) is 12.5. The molecule has 0 radical (unpaired) electrons. The number of anilines is 1. The molecule has 6 rings (SSSR count). The van der Waals surface area contributed by atoms with Gasteiger partial charge in [-0.2, -0.15) is 0 Å². The molecule has 0 unspecified atom stereocenters. The minimum absolute atomic E-state index is 0.0487. The molecule has 1 spiro atoms. The van der Waals surface area contributed by atoms with Gasteiger partial charge in [-0.1, -0.05) is 54.6 Å². The number of nitrogens with one attached hydrogen (secondary N) is 1. The molecule has 4 aliphatic heterocycles. The first kappa shape index (κ1) is 31.5. The molecule has 4 aliphatic rings. The van der Waals surface area contributed by atoms with E-state index < -0.39 is 47.5 Å². The van der Waals surface area contributed by atoms with Crippen molar-refractivity contribution in [3.8, 4) is 5.75 Å². The fourth-order valence-electron chi connectivity index (χ4n) is 7.04. The van der Waals surface area contributed by atoms with Crippen LogP contribution in [0.25, 0.3) is 0 Å². The van der Waals surface area contributed by atoms with E-state index in [2.05, 4.69) is 5.32 Å². The smallest absolute Gasteiger partial charge is 0.306 e. The van der Waals surface area contributed by atoms with Crippen LogP contribution in [0.1, 0.15) is 37.3 Å². The maximum absolute atomic E-state index is 14.8. The Kier molecular flexibility index (Phi) is 9.23. The number of unbranched alkanes of at least 4 members (excludes halogenated alkanes) is 1. The van der Waals surface area contributed by atoms with Gasteiger partial charge in [-0.05, 0) is 49.1 Å². The van der Waals surface area contributed by atoms with E-state index in [4.69, 9.17) is 14.2 Å². The summed E-state index contributed by atoms with van der Waals surface area (Å²) in [6.07, 6.45) is 7.94. The zero-order chi connectivity index (χ0) is 32.3. The van der Waals surface area contributed by atoms with Crippen molar-refractivity contribution in [1.82, 2.24) is 10.2 Å². The lowest BCUT2D eigenvalue weighted by Gasteiger charge is -2.36. The number of aliphatic hydroxyl groups is 1. The van der Waals surface area contributed by atoms with Crippen LogP contribution in [0.15, 0.2) is 78.9 Å². The molecule has 2 fully saturated rings. The summed E-state index contributed by atoms with van der Waals surface area (Å²) in [6, 6.07) is 14.6. The monoisotopic (exact) mass is 629 g/mol. The Bertz CT molecular complexity index is 1510. The highest BCUT2D eigenvalue weighted by Crippen LogP contribution is 2.55. The number of allylic oxidation sites excluding steroid dienone is 1. The Labute approximate surface area is 267 Å². The van der Waals surface area contributed by atoms with Crippen LogP contribution in [0.2, 0.25) is 0 Å². The number of fused-ring (bicyclic) bond motifs is 2. The molecular formula is C35H39N3O8. The topological polar surface area (TPSA) is 135 Å². The van der Waals surface area contributed by atoms with Crippen LogP contribution in [-0.4, -0.2) is 84.9 Å². The minimum Gasteiger partial charge on any atom is -0.497 e. The third-order valence-corrected chi connectivity index (χ3v) is 9.27. The summed E-state index contributed by atoms with van der Waals surface area (Å²) in [7, 11) is 1.56. The third-order valence-electron chi connectivity index (χ3n) is 9.27. The predicted molar refractivity (Wildman–Crippen MR) is 168 cm³/mol. The van der Waals surface area contributed by atoms with Crippen molar-refractivity contribution < 1.29 is 38.5 Å². The lowest BCUT2D eigenvalue weighted by molar-refractivity contribution is -0.145. The second-order valence-electron chi connectivity index (χ2n) is 12.0. The maximum Gasteiger partial charge on any atom is 0.306 e. The highest BCUT2D eigenvalue weighted by atomic mass is 16.5. The SMILES string of the molecule is COc1ccc(N2C/C=C\CCC(=O)OC[C@@H](c3ccccc3)NC(=O)[C@@H]3[C@@H]4C=C[C@]5(O4)[C@H](C2=O)N(CCCCO)C(=O)[C@@H]35)cc1. The lowest BCUT2D eigenvalue weighted by atomic mass is 9.74.